The predicted molar refractivity (Wildman–Crippen MR) is 99.6 cm³/mol. The number of nitrogens with zero attached hydrogens (tertiary/aromatic N) is 4. The lowest BCUT2D eigenvalue weighted by Crippen LogP contribution is -2.49. The first-order chi connectivity index (χ1) is 12.6. The number of hydrogen-bond donors (Lipinski definition) is 0. The van der Waals surface area contributed by atoms with E-state index in [0.717, 1.165) is 35.6 Å². The number of para-hydroxylation sites is 2. The number of carbonyl (C=O) groups is 1. The number of carbonyl (C=O) groups excluding carboxylic acids is 1. The number of fused-ring (bicyclic) bond motifs is 1. The van der Waals surface area contributed by atoms with Crippen LogP contribution in [0.15, 0.2) is 48.5 Å². The standard InChI is InChI=1S/C20H21FN4O/c1-23-18-5-3-2-4-17(18)22-20(23)25-12-10-24(11-13-25)19(26)14-15-6-8-16(21)9-7-15/h2-9H,10-14H2,1H3. The molecule has 26 heavy (non-hydrogen) atoms. The van der Waals surface area contributed by atoms with Crippen LogP contribution in [-0.4, -0.2) is 46.5 Å². The molecular formula is C20H21FN4O. The van der Waals surface area contributed by atoms with Crippen LogP contribution in [0.2, 0.25) is 0 Å². The topological polar surface area (TPSA) is 41.4 Å². The van der Waals surface area contributed by atoms with Gasteiger partial charge in [0.1, 0.15) is 5.82 Å². The van der Waals surface area contributed by atoms with E-state index in [2.05, 4.69) is 15.5 Å². The number of halogens is 1. The molecule has 0 radical (unpaired) electrons. The molecular weight excluding hydrogens is 331 g/mol. The zero-order chi connectivity index (χ0) is 18.1. The Morgan fingerprint density at radius 1 is 1.04 bits per heavy atom. The van der Waals surface area contributed by atoms with Crippen molar-refractivity contribution in [2.24, 2.45) is 7.05 Å². The Kier molecular flexibility index (Phi) is 4.32. The Morgan fingerprint density at radius 3 is 2.42 bits per heavy atom. The molecule has 0 spiro atoms. The third-order valence-electron chi connectivity index (χ3n) is 4.95. The molecule has 0 N–H and O–H groups in total. The van der Waals surface area contributed by atoms with Crippen molar-refractivity contribution in [1.29, 1.82) is 0 Å². The summed E-state index contributed by atoms with van der Waals surface area (Å²) in [6.07, 6.45) is 0.312. The summed E-state index contributed by atoms with van der Waals surface area (Å²) in [5, 5.41) is 0. The van der Waals surface area contributed by atoms with Gasteiger partial charge in [-0.15, -0.1) is 0 Å². The summed E-state index contributed by atoms with van der Waals surface area (Å²) < 4.78 is 15.1. The van der Waals surface area contributed by atoms with Crippen LogP contribution in [0.1, 0.15) is 5.56 Å². The lowest BCUT2D eigenvalue weighted by molar-refractivity contribution is -0.130. The molecule has 1 aliphatic heterocycles. The molecule has 6 heteroatoms. The Balaban J connectivity index is 1.41. The zero-order valence-corrected chi connectivity index (χ0v) is 14.7. The van der Waals surface area contributed by atoms with Crippen molar-refractivity contribution in [3.63, 3.8) is 0 Å². The second kappa shape index (κ2) is 6.78. The van der Waals surface area contributed by atoms with Gasteiger partial charge in [0.15, 0.2) is 0 Å². The van der Waals surface area contributed by atoms with Gasteiger partial charge in [0.05, 0.1) is 17.5 Å². The zero-order valence-electron chi connectivity index (χ0n) is 14.7. The van der Waals surface area contributed by atoms with Crippen LogP contribution in [0, 0.1) is 5.82 Å². The largest absolute Gasteiger partial charge is 0.339 e. The highest BCUT2D eigenvalue weighted by molar-refractivity contribution is 5.80. The molecule has 4 rings (SSSR count). The van der Waals surface area contributed by atoms with E-state index in [4.69, 9.17) is 4.98 Å². The third-order valence-corrected chi connectivity index (χ3v) is 4.95. The quantitative estimate of drug-likeness (QED) is 0.728. The van der Waals surface area contributed by atoms with E-state index >= 15 is 0 Å². The first-order valence-electron chi connectivity index (χ1n) is 8.80. The number of amides is 1. The van der Waals surface area contributed by atoms with Crippen LogP contribution < -0.4 is 4.90 Å². The molecule has 5 nitrogen and oxygen atoms in total. The van der Waals surface area contributed by atoms with Crippen LogP contribution in [0.3, 0.4) is 0 Å². The fourth-order valence-electron chi connectivity index (χ4n) is 3.46. The van der Waals surface area contributed by atoms with Crippen molar-refractivity contribution in [3.05, 3.63) is 59.9 Å². The first kappa shape index (κ1) is 16.6. The van der Waals surface area contributed by atoms with Crippen LogP contribution in [-0.2, 0) is 18.3 Å². The van der Waals surface area contributed by atoms with E-state index < -0.39 is 0 Å². The Morgan fingerprint density at radius 2 is 1.73 bits per heavy atom. The monoisotopic (exact) mass is 352 g/mol. The minimum absolute atomic E-state index is 0.0845. The number of hydrogen-bond acceptors (Lipinski definition) is 3. The van der Waals surface area contributed by atoms with Crippen LogP contribution in [0.4, 0.5) is 10.3 Å². The summed E-state index contributed by atoms with van der Waals surface area (Å²) in [6, 6.07) is 14.2. The maximum Gasteiger partial charge on any atom is 0.227 e. The molecule has 2 heterocycles. The number of imidazole rings is 1. The second-order valence-electron chi connectivity index (χ2n) is 6.63. The van der Waals surface area contributed by atoms with Gasteiger partial charge >= 0.3 is 0 Å². The number of aromatic nitrogens is 2. The fourth-order valence-corrected chi connectivity index (χ4v) is 3.46. The molecule has 0 atom stereocenters. The maximum absolute atomic E-state index is 13.0. The van der Waals surface area contributed by atoms with E-state index in [0.29, 0.717) is 19.5 Å². The normalized spacial score (nSPS) is 14.8. The van der Waals surface area contributed by atoms with Crippen molar-refractivity contribution >= 4 is 22.9 Å². The molecule has 0 aliphatic carbocycles. The number of piperazine rings is 1. The number of rotatable bonds is 3. The molecule has 1 fully saturated rings. The van der Waals surface area contributed by atoms with Crippen molar-refractivity contribution in [2.75, 3.05) is 31.1 Å². The van der Waals surface area contributed by atoms with E-state index in [1.54, 1.807) is 12.1 Å². The Labute approximate surface area is 151 Å². The van der Waals surface area contributed by atoms with Crippen LogP contribution >= 0.6 is 0 Å². The lowest BCUT2D eigenvalue weighted by atomic mass is 10.1. The predicted octanol–water partition coefficient (Wildman–Crippen LogP) is 2.60. The van der Waals surface area contributed by atoms with Crippen molar-refractivity contribution < 1.29 is 9.18 Å². The van der Waals surface area contributed by atoms with Gasteiger partial charge in [0, 0.05) is 33.2 Å². The van der Waals surface area contributed by atoms with Gasteiger partial charge in [-0.3, -0.25) is 4.79 Å². The van der Waals surface area contributed by atoms with Crippen LogP contribution in [0.5, 0.6) is 0 Å². The molecule has 1 amide bonds. The minimum atomic E-state index is -0.280. The first-order valence-corrected chi connectivity index (χ1v) is 8.80. The van der Waals surface area contributed by atoms with E-state index in [-0.39, 0.29) is 11.7 Å². The Bertz CT molecular complexity index is 927. The molecule has 1 aliphatic rings. The highest BCUT2D eigenvalue weighted by Crippen LogP contribution is 2.22. The van der Waals surface area contributed by atoms with Crippen LogP contribution in [0.25, 0.3) is 11.0 Å². The van der Waals surface area contributed by atoms with Crippen molar-refractivity contribution in [2.45, 2.75) is 6.42 Å². The number of anilines is 1. The fraction of sp³-hybridized carbons (Fsp3) is 0.300. The second-order valence-corrected chi connectivity index (χ2v) is 6.63. The molecule has 0 bridgehead atoms. The van der Waals surface area contributed by atoms with E-state index in [9.17, 15) is 9.18 Å². The van der Waals surface area contributed by atoms with Gasteiger partial charge in [0.2, 0.25) is 11.9 Å². The number of aryl methyl sites for hydroxylation is 1. The number of benzene rings is 2. The molecule has 134 valence electrons. The average molecular weight is 352 g/mol. The van der Waals surface area contributed by atoms with Gasteiger partial charge in [-0.25, -0.2) is 9.37 Å². The van der Waals surface area contributed by atoms with E-state index in [1.807, 2.05) is 30.1 Å². The molecule has 0 saturated carbocycles. The SMILES string of the molecule is Cn1c(N2CCN(C(=O)Cc3ccc(F)cc3)CC2)nc2ccccc21. The van der Waals surface area contributed by atoms with Gasteiger partial charge in [-0.05, 0) is 29.8 Å². The molecule has 1 saturated heterocycles. The summed E-state index contributed by atoms with van der Waals surface area (Å²) >= 11 is 0. The van der Waals surface area contributed by atoms with Crippen molar-refractivity contribution in [1.82, 2.24) is 14.5 Å². The molecule has 0 unspecified atom stereocenters. The summed E-state index contributed by atoms with van der Waals surface area (Å²) in [5.41, 5.74) is 2.94. The highest BCUT2D eigenvalue weighted by Gasteiger charge is 2.24. The lowest BCUT2D eigenvalue weighted by Gasteiger charge is -2.35. The highest BCUT2D eigenvalue weighted by atomic mass is 19.1. The van der Waals surface area contributed by atoms with Gasteiger partial charge in [-0.1, -0.05) is 24.3 Å². The molecule has 2 aromatic carbocycles. The maximum atomic E-state index is 13.0. The average Bonchev–Trinajstić information content (AvgIpc) is 3.01. The van der Waals surface area contributed by atoms with Gasteiger partial charge in [-0.2, -0.15) is 0 Å². The third kappa shape index (κ3) is 3.14. The van der Waals surface area contributed by atoms with E-state index in [1.165, 1.54) is 12.1 Å². The summed E-state index contributed by atoms with van der Waals surface area (Å²) in [7, 11) is 2.02. The van der Waals surface area contributed by atoms with Gasteiger partial charge in [0.25, 0.3) is 0 Å². The summed E-state index contributed by atoms with van der Waals surface area (Å²) in [4.78, 5) is 21.3. The summed E-state index contributed by atoms with van der Waals surface area (Å²) in [5.74, 6) is 0.746. The minimum Gasteiger partial charge on any atom is -0.339 e. The van der Waals surface area contributed by atoms with Crippen molar-refractivity contribution in [3.8, 4) is 0 Å². The molecule has 3 aromatic rings. The van der Waals surface area contributed by atoms with Gasteiger partial charge < -0.3 is 14.4 Å². The smallest absolute Gasteiger partial charge is 0.227 e. The Hall–Kier alpha value is -2.89. The molecule has 1 aromatic heterocycles. The summed E-state index contributed by atoms with van der Waals surface area (Å²) in [6.45, 7) is 2.85.